The summed E-state index contributed by atoms with van der Waals surface area (Å²) in [6, 6.07) is -0.0202. The van der Waals surface area contributed by atoms with Crippen molar-refractivity contribution >= 4 is 5.82 Å². The molecule has 3 atom stereocenters. The number of ether oxygens (including phenoxy) is 1. The van der Waals surface area contributed by atoms with E-state index in [1.165, 1.54) is 0 Å². The summed E-state index contributed by atoms with van der Waals surface area (Å²) < 4.78 is 7.66. The third kappa shape index (κ3) is 4.44. The standard InChI is InChI=1S/C17H25N5O2/c1-12(2)10-24-17-8-19-7-16(21-17)20-14-5-13(6-15(14)23)9-22-4-3-18-11-22/h3-4,7-8,11-15,23H,5-6,9-10H2,1-2H3,(H,20,21)/t13?,14-,15-/m1/s1. The highest BCUT2D eigenvalue weighted by molar-refractivity contribution is 5.35. The van der Waals surface area contributed by atoms with E-state index in [1.54, 1.807) is 18.6 Å². The molecule has 2 aromatic rings. The van der Waals surface area contributed by atoms with Crippen molar-refractivity contribution in [1.82, 2.24) is 19.5 Å². The topological polar surface area (TPSA) is 85.1 Å². The average Bonchev–Trinajstić information content (AvgIpc) is 3.16. The Morgan fingerprint density at radius 1 is 1.33 bits per heavy atom. The van der Waals surface area contributed by atoms with Gasteiger partial charge in [0.05, 0.1) is 37.5 Å². The molecule has 1 aliphatic rings. The first-order valence-corrected chi connectivity index (χ1v) is 8.45. The second-order valence-electron chi connectivity index (χ2n) is 6.86. The van der Waals surface area contributed by atoms with Crippen molar-refractivity contribution in [3.63, 3.8) is 0 Å². The number of aromatic nitrogens is 4. The van der Waals surface area contributed by atoms with Gasteiger partial charge in [0.2, 0.25) is 5.88 Å². The molecular formula is C17H25N5O2. The van der Waals surface area contributed by atoms with E-state index in [2.05, 4.69) is 38.7 Å². The number of hydrogen-bond acceptors (Lipinski definition) is 6. The highest BCUT2D eigenvalue weighted by atomic mass is 16.5. The Morgan fingerprint density at radius 2 is 2.21 bits per heavy atom. The van der Waals surface area contributed by atoms with Crippen LogP contribution < -0.4 is 10.1 Å². The monoisotopic (exact) mass is 331 g/mol. The molecule has 2 heterocycles. The number of nitrogens with one attached hydrogen (secondary N) is 1. The van der Waals surface area contributed by atoms with Gasteiger partial charge in [0.15, 0.2) is 0 Å². The van der Waals surface area contributed by atoms with Crippen LogP contribution in [0.25, 0.3) is 0 Å². The Hall–Kier alpha value is -2.15. The fourth-order valence-corrected chi connectivity index (χ4v) is 3.04. The van der Waals surface area contributed by atoms with Gasteiger partial charge in [-0.3, -0.25) is 4.98 Å². The van der Waals surface area contributed by atoms with Crippen LogP contribution in [0.5, 0.6) is 5.88 Å². The van der Waals surface area contributed by atoms with Gasteiger partial charge >= 0.3 is 0 Å². The van der Waals surface area contributed by atoms with Crippen LogP contribution in [0.2, 0.25) is 0 Å². The molecule has 0 bridgehead atoms. The third-order valence-electron chi connectivity index (χ3n) is 4.17. The zero-order valence-electron chi connectivity index (χ0n) is 14.2. The fourth-order valence-electron chi connectivity index (χ4n) is 3.04. The molecule has 0 aliphatic heterocycles. The zero-order valence-corrected chi connectivity index (χ0v) is 14.2. The number of rotatable bonds is 7. The Kier molecular flexibility index (Phi) is 5.30. The average molecular weight is 331 g/mol. The Morgan fingerprint density at radius 3 is 2.96 bits per heavy atom. The molecule has 7 nitrogen and oxygen atoms in total. The Labute approximate surface area is 142 Å². The van der Waals surface area contributed by atoms with Gasteiger partial charge in [-0.2, -0.15) is 4.98 Å². The van der Waals surface area contributed by atoms with E-state index < -0.39 is 0 Å². The molecule has 1 unspecified atom stereocenters. The quantitative estimate of drug-likeness (QED) is 0.807. The van der Waals surface area contributed by atoms with Gasteiger partial charge in [-0.05, 0) is 24.7 Å². The fraction of sp³-hybridized carbons (Fsp3) is 0.588. The molecule has 3 rings (SSSR count). The summed E-state index contributed by atoms with van der Waals surface area (Å²) in [7, 11) is 0. The van der Waals surface area contributed by atoms with E-state index in [1.807, 2.05) is 12.5 Å². The van der Waals surface area contributed by atoms with Gasteiger partial charge in [-0.15, -0.1) is 0 Å². The maximum absolute atomic E-state index is 10.3. The Balaban J connectivity index is 1.56. The minimum Gasteiger partial charge on any atom is -0.476 e. The van der Waals surface area contributed by atoms with Crippen molar-refractivity contribution in [2.75, 3.05) is 11.9 Å². The molecule has 1 fully saturated rings. The minimum atomic E-state index is -0.388. The lowest BCUT2D eigenvalue weighted by atomic mass is 10.1. The van der Waals surface area contributed by atoms with E-state index in [9.17, 15) is 5.11 Å². The third-order valence-corrected chi connectivity index (χ3v) is 4.17. The first-order valence-electron chi connectivity index (χ1n) is 8.45. The molecule has 0 saturated heterocycles. The molecule has 0 radical (unpaired) electrons. The lowest BCUT2D eigenvalue weighted by Crippen LogP contribution is -2.28. The summed E-state index contributed by atoms with van der Waals surface area (Å²) in [5.41, 5.74) is 0. The van der Waals surface area contributed by atoms with Crippen LogP contribution >= 0.6 is 0 Å². The number of nitrogens with zero attached hydrogens (tertiary/aromatic N) is 4. The lowest BCUT2D eigenvalue weighted by molar-refractivity contribution is 0.166. The molecule has 0 aromatic carbocycles. The van der Waals surface area contributed by atoms with Crippen molar-refractivity contribution in [2.24, 2.45) is 11.8 Å². The largest absolute Gasteiger partial charge is 0.476 e. The number of hydrogen-bond donors (Lipinski definition) is 2. The normalized spacial score (nSPS) is 23.6. The number of aliphatic hydroxyl groups excluding tert-OH is 1. The zero-order chi connectivity index (χ0) is 16.9. The minimum absolute atomic E-state index is 0.0202. The van der Waals surface area contributed by atoms with E-state index in [4.69, 9.17) is 4.74 Å². The maximum Gasteiger partial charge on any atom is 0.234 e. The van der Waals surface area contributed by atoms with Crippen LogP contribution in [0.15, 0.2) is 31.1 Å². The van der Waals surface area contributed by atoms with Crippen molar-refractivity contribution in [3.05, 3.63) is 31.1 Å². The van der Waals surface area contributed by atoms with Gasteiger partial charge < -0.3 is 19.7 Å². The van der Waals surface area contributed by atoms with Crippen molar-refractivity contribution in [3.8, 4) is 5.88 Å². The van der Waals surface area contributed by atoms with Gasteiger partial charge in [-0.1, -0.05) is 13.8 Å². The van der Waals surface area contributed by atoms with Crippen molar-refractivity contribution in [2.45, 2.75) is 45.4 Å². The number of anilines is 1. The SMILES string of the molecule is CC(C)COc1cncc(N[C@@H]2CC(Cn3ccnc3)C[C@H]2O)n1. The number of aliphatic hydroxyl groups is 1. The summed E-state index contributed by atoms with van der Waals surface area (Å²) in [5, 5.41) is 13.6. The lowest BCUT2D eigenvalue weighted by Gasteiger charge is -2.17. The molecule has 1 saturated carbocycles. The molecule has 2 N–H and O–H groups in total. The highest BCUT2D eigenvalue weighted by Crippen LogP contribution is 2.29. The van der Waals surface area contributed by atoms with Gasteiger partial charge in [0.1, 0.15) is 5.82 Å². The van der Waals surface area contributed by atoms with E-state index in [-0.39, 0.29) is 12.1 Å². The summed E-state index contributed by atoms with van der Waals surface area (Å²) in [5.74, 6) is 2.00. The molecule has 1 aliphatic carbocycles. The molecule has 7 heteroatoms. The maximum atomic E-state index is 10.3. The van der Waals surface area contributed by atoms with Crippen LogP contribution in [0.3, 0.4) is 0 Å². The van der Waals surface area contributed by atoms with Crippen LogP contribution in [0.1, 0.15) is 26.7 Å². The molecule has 2 aromatic heterocycles. The predicted molar refractivity (Wildman–Crippen MR) is 90.7 cm³/mol. The van der Waals surface area contributed by atoms with Crippen LogP contribution in [0.4, 0.5) is 5.82 Å². The van der Waals surface area contributed by atoms with Gasteiger partial charge in [-0.25, -0.2) is 4.98 Å². The second-order valence-corrected chi connectivity index (χ2v) is 6.86. The molecule has 24 heavy (non-hydrogen) atoms. The van der Waals surface area contributed by atoms with Gasteiger partial charge in [0, 0.05) is 18.9 Å². The van der Waals surface area contributed by atoms with Gasteiger partial charge in [0.25, 0.3) is 0 Å². The van der Waals surface area contributed by atoms with Crippen molar-refractivity contribution in [1.29, 1.82) is 0 Å². The Bertz CT molecular complexity index is 632. The van der Waals surface area contributed by atoms with E-state index in [0.29, 0.717) is 30.1 Å². The van der Waals surface area contributed by atoms with E-state index >= 15 is 0 Å². The smallest absolute Gasteiger partial charge is 0.234 e. The molecule has 0 spiro atoms. The van der Waals surface area contributed by atoms with E-state index in [0.717, 1.165) is 19.4 Å². The van der Waals surface area contributed by atoms with Crippen LogP contribution in [0, 0.1) is 11.8 Å². The number of imidazole rings is 1. The predicted octanol–water partition coefficient (Wildman–Crippen LogP) is 1.96. The summed E-state index contributed by atoms with van der Waals surface area (Å²) in [6.07, 6.45) is 10.1. The summed E-state index contributed by atoms with van der Waals surface area (Å²) in [4.78, 5) is 12.6. The van der Waals surface area contributed by atoms with Crippen molar-refractivity contribution < 1.29 is 9.84 Å². The highest BCUT2D eigenvalue weighted by Gasteiger charge is 2.33. The molecule has 0 amide bonds. The second kappa shape index (κ2) is 7.61. The summed E-state index contributed by atoms with van der Waals surface area (Å²) >= 11 is 0. The first kappa shape index (κ1) is 16.7. The molecular weight excluding hydrogens is 306 g/mol. The summed E-state index contributed by atoms with van der Waals surface area (Å²) in [6.45, 7) is 5.66. The van der Waals surface area contributed by atoms with Crippen LogP contribution in [-0.2, 0) is 6.54 Å². The first-order chi connectivity index (χ1) is 11.6. The molecule has 130 valence electrons. The van der Waals surface area contributed by atoms with Crippen LogP contribution in [-0.4, -0.2) is 43.4 Å².